The van der Waals surface area contributed by atoms with Crippen LogP contribution in [-0.4, -0.2) is 35.9 Å². The van der Waals surface area contributed by atoms with Gasteiger partial charge in [-0.15, -0.1) is 0 Å². The van der Waals surface area contributed by atoms with E-state index >= 15 is 0 Å². The fourth-order valence-corrected chi connectivity index (χ4v) is 2.64. The minimum atomic E-state index is -1.12. The number of aliphatic carboxylic acids is 1. The lowest BCUT2D eigenvalue weighted by Crippen LogP contribution is -2.10. The molecule has 0 atom stereocenters. The van der Waals surface area contributed by atoms with Crippen LogP contribution in [-0.2, 0) is 4.79 Å². The summed E-state index contributed by atoms with van der Waals surface area (Å²) in [5.41, 5.74) is 1.60. The summed E-state index contributed by atoms with van der Waals surface area (Å²) in [6, 6.07) is 11.2. The fourth-order valence-electron chi connectivity index (χ4n) is 2.20. The summed E-state index contributed by atoms with van der Waals surface area (Å²) in [5.74, 6) is -1.61. The Balaban J connectivity index is 2.41. The first kappa shape index (κ1) is 20.0. The Bertz CT molecular complexity index is 944. The summed E-state index contributed by atoms with van der Waals surface area (Å²) in [5, 5.41) is 27.2. The first-order valence-corrected chi connectivity index (χ1v) is 8.32. The van der Waals surface area contributed by atoms with Crippen LogP contribution in [0.3, 0.4) is 0 Å². The van der Waals surface area contributed by atoms with E-state index < -0.39 is 18.5 Å². The number of carboxylic acids is 2. The van der Waals surface area contributed by atoms with Crippen molar-refractivity contribution in [2.45, 2.75) is 0 Å². The number of carboxylic acid groups (broad SMARTS) is 2. The summed E-state index contributed by atoms with van der Waals surface area (Å²) in [4.78, 5) is 21.6. The Morgan fingerprint density at radius 3 is 2.30 bits per heavy atom. The monoisotopic (exact) mass is 431 g/mol. The lowest BCUT2D eigenvalue weighted by Gasteiger charge is -2.12. The summed E-state index contributed by atoms with van der Waals surface area (Å²) < 4.78 is 11.0. The number of carbonyl (C=O) groups is 2. The highest BCUT2D eigenvalue weighted by Crippen LogP contribution is 2.35. The zero-order valence-corrected chi connectivity index (χ0v) is 15.7. The number of aromatic carboxylic acids is 1. The largest absolute Gasteiger partial charge is 0.493 e. The molecule has 0 radical (unpaired) electrons. The fraction of sp³-hybridized carbons (Fsp3) is 0.105. The van der Waals surface area contributed by atoms with Crippen LogP contribution in [0.5, 0.6) is 11.5 Å². The highest BCUT2D eigenvalue weighted by Gasteiger charge is 2.12. The zero-order valence-electron chi connectivity index (χ0n) is 14.1. The van der Waals surface area contributed by atoms with Gasteiger partial charge in [0.15, 0.2) is 18.1 Å². The van der Waals surface area contributed by atoms with E-state index in [-0.39, 0.29) is 11.3 Å². The van der Waals surface area contributed by atoms with E-state index in [0.29, 0.717) is 26.9 Å². The Morgan fingerprint density at radius 1 is 1.15 bits per heavy atom. The maximum Gasteiger partial charge on any atom is 0.341 e. The van der Waals surface area contributed by atoms with Gasteiger partial charge in [-0.3, -0.25) is 0 Å². The molecule has 0 fully saturated rings. The minimum Gasteiger partial charge on any atom is -0.493 e. The molecule has 8 heteroatoms. The van der Waals surface area contributed by atoms with Crippen LogP contribution >= 0.6 is 15.9 Å². The van der Waals surface area contributed by atoms with E-state index in [2.05, 4.69) is 22.0 Å². The van der Waals surface area contributed by atoms with Gasteiger partial charge < -0.3 is 19.7 Å². The van der Waals surface area contributed by atoms with Gasteiger partial charge in [0, 0.05) is 4.47 Å². The summed E-state index contributed by atoms with van der Waals surface area (Å²) >= 11 is 3.36. The smallest absolute Gasteiger partial charge is 0.341 e. The quantitative estimate of drug-likeness (QED) is 0.506. The predicted octanol–water partition coefficient (Wildman–Crippen LogP) is 3.68. The van der Waals surface area contributed by atoms with Crippen molar-refractivity contribution < 1.29 is 29.3 Å². The lowest BCUT2D eigenvalue weighted by atomic mass is 10.0. The maximum atomic E-state index is 10.9. The Labute approximate surface area is 163 Å². The van der Waals surface area contributed by atoms with Crippen LogP contribution in [0, 0.1) is 11.3 Å². The molecule has 2 aromatic carbocycles. The first-order chi connectivity index (χ1) is 12.8. The molecule has 0 amide bonds. The normalized spacial score (nSPS) is 10.8. The van der Waals surface area contributed by atoms with E-state index in [9.17, 15) is 14.9 Å². The van der Waals surface area contributed by atoms with Gasteiger partial charge in [0.25, 0.3) is 0 Å². The third-order valence-electron chi connectivity index (χ3n) is 3.50. The molecule has 2 rings (SSSR count). The molecule has 27 heavy (non-hydrogen) atoms. The molecule has 0 aromatic heterocycles. The van der Waals surface area contributed by atoms with Crippen molar-refractivity contribution in [1.29, 1.82) is 5.26 Å². The van der Waals surface area contributed by atoms with Gasteiger partial charge in [0.1, 0.15) is 0 Å². The van der Waals surface area contributed by atoms with Crippen molar-refractivity contribution in [2.75, 3.05) is 13.7 Å². The number of rotatable bonds is 7. The van der Waals surface area contributed by atoms with Crippen LogP contribution in [0.4, 0.5) is 0 Å². The van der Waals surface area contributed by atoms with Crippen LogP contribution in [0.1, 0.15) is 21.5 Å². The van der Waals surface area contributed by atoms with E-state index in [1.807, 2.05) is 0 Å². The van der Waals surface area contributed by atoms with Gasteiger partial charge >= 0.3 is 11.9 Å². The SMILES string of the molecule is COc1cc(/C=C(/C#N)c2ccc(C(=O)O)cc2)c(Br)cc1OCC(=O)O. The molecular weight excluding hydrogens is 418 g/mol. The summed E-state index contributed by atoms with van der Waals surface area (Å²) in [6.07, 6.45) is 1.60. The average molecular weight is 432 g/mol. The Hall–Kier alpha value is -3.31. The predicted molar refractivity (Wildman–Crippen MR) is 101 cm³/mol. The van der Waals surface area contributed by atoms with Crippen molar-refractivity contribution in [1.82, 2.24) is 0 Å². The van der Waals surface area contributed by atoms with Gasteiger partial charge in [-0.25, -0.2) is 9.59 Å². The molecule has 138 valence electrons. The highest BCUT2D eigenvalue weighted by molar-refractivity contribution is 9.10. The molecule has 0 spiro atoms. The molecule has 0 aliphatic heterocycles. The highest BCUT2D eigenvalue weighted by atomic mass is 79.9. The second-order valence-electron chi connectivity index (χ2n) is 5.26. The van der Waals surface area contributed by atoms with Crippen molar-refractivity contribution >= 4 is 39.5 Å². The maximum absolute atomic E-state index is 10.9. The number of methoxy groups -OCH3 is 1. The Kier molecular flexibility index (Phi) is 6.57. The average Bonchev–Trinajstić information content (AvgIpc) is 2.65. The van der Waals surface area contributed by atoms with Gasteiger partial charge in [-0.05, 0) is 41.5 Å². The second kappa shape index (κ2) is 8.87. The van der Waals surface area contributed by atoms with Crippen LogP contribution in [0.15, 0.2) is 40.9 Å². The summed E-state index contributed by atoms with van der Waals surface area (Å²) in [7, 11) is 1.42. The van der Waals surface area contributed by atoms with Gasteiger partial charge in [0.2, 0.25) is 0 Å². The zero-order chi connectivity index (χ0) is 20.0. The molecular formula is C19H14BrNO6. The number of halogens is 1. The molecule has 7 nitrogen and oxygen atoms in total. The number of benzene rings is 2. The molecule has 0 saturated heterocycles. The van der Waals surface area contributed by atoms with Crippen molar-refractivity contribution in [2.24, 2.45) is 0 Å². The number of ether oxygens (including phenoxy) is 2. The third kappa shape index (κ3) is 5.09. The lowest BCUT2D eigenvalue weighted by molar-refractivity contribution is -0.139. The molecule has 0 bridgehead atoms. The van der Waals surface area contributed by atoms with E-state index in [0.717, 1.165) is 0 Å². The number of nitrogens with zero attached hydrogens (tertiary/aromatic N) is 1. The van der Waals surface area contributed by atoms with E-state index in [4.69, 9.17) is 19.7 Å². The van der Waals surface area contributed by atoms with Crippen molar-refractivity contribution in [3.05, 3.63) is 57.6 Å². The topological polar surface area (TPSA) is 117 Å². The number of allylic oxidation sites excluding steroid dienone is 1. The van der Waals surface area contributed by atoms with Gasteiger partial charge in [0.05, 0.1) is 24.3 Å². The van der Waals surface area contributed by atoms with E-state index in [1.165, 1.54) is 19.2 Å². The number of hydrogen-bond acceptors (Lipinski definition) is 5. The molecule has 0 aliphatic carbocycles. The standard InChI is InChI=1S/C19H14BrNO6/c1-26-16-7-13(15(20)8-17(16)27-10-18(22)23)6-14(9-21)11-2-4-12(5-3-11)19(24)25/h2-8H,10H2,1H3,(H,22,23)(H,24,25)/b14-6-. The number of nitriles is 1. The Morgan fingerprint density at radius 2 is 1.78 bits per heavy atom. The van der Waals surface area contributed by atoms with Gasteiger partial charge in [-0.2, -0.15) is 5.26 Å². The van der Waals surface area contributed by atoms with Gasteiger partial charge in [-0.1, -0.05) is 28.1 Å². The minimum absolute atomic E-state index is 0.124. The molecule has 0 saturated carbocycles. The molecule has 0 heterocycles. The number of hydrogen-bond donors (Lipinski definition) is 2. The molecule has 0 aliphatic rings. The van der Waals surface area contributed by atoms with Crippen LogP contribution in [0.2, 0.25) is 0 Å². The van der Waals surface area contributed by atoms with Crippen molar-refractivity contribution in [3.8, 4) is 17.6 Å². The van der Waals surface area contributed by atoms with E-state index in [1.54, 1.807) is 30.3 Å². The molecule has 0 unspecified atom stereocenters. The third-order valence-corrected chi connectivity index (χ3v) is 4.18. The first-order valence-electron chi connectivity index (χ1n) is 7.53. The summed E-state index contributed by atoms with van der Waals surface area (Å²) in [6.45, 7) is -0.517. The van der Waals surface area contributed by atoms with Crippen LogP contribution < -0.4 is 9.47 Å². The van der Waals surface area contributed by atoms with Crippen LogP contribution in [0.25, 0.3) is 11.6 Å². The van der Waals surface area contributed by atoms with Crippen molar-refractivity contribution in [3.63, 3.8) is 0 Å². The molecule has 2 aromatic rings. The molecule has 2 N–H and O–H groups in total. The second-order valence-corrected chi connectivity index (χ2v) is 6.11.